The van der Waals surface area contributed by atoms with Crippen LogP contribution in [-0.4, -0.2) is 49.0 Å². The molecule has 0 saturated heterocycles. The number of phenolic OH excluding ortho intramolecular Hbond substituents is 2. The molecule has 0 unspecified atom stereocenters. The molecule has 0 saturated carbocycles. The number of hydrogen-bond acceptors (Lipinski definition) is 6. The molecule has 9 nitrogen and oxygen atoms in total. The first kappa shape index (κ1) is 19.5. The zero-order chi connectivity index (χ0) is 20.6. The average molecular weight is 388 g/mol. The highest BCUT2D eigenvalue weighted by Crippen LogP contribution is 2.28. The number of benzene rings is 1. The van der Waals surface area contributed by atoms with Crippen molar-refractivity contribution >= 4 is 17.8 Å². The monoisotopic (exact) mass is 388 g/mol. The Morgan fingerprint density at radius 1 is 1.18 bits per heavy atom. The van der Waals surface area contributed by atoms with Crippen LogP contribution in [0.1, 0.15) is 42.4 Å². The number of nitrogens with zero attached hydrogens (tertiary/aromatic N) is 3. The minimum Gasteiger partial charge on any atom is -0.508 e. The molecule has 0 spiro atoms. The third-order valence-corrected chi connectivity index (χ3v) is 4.24. The maximum atomic E-state index is 12.6. The Labute approximate surface area is 162 Å². The Bertz CT molecular complexity index is 909. The van der Waals surface area contributed by atoms with Crippen molar-refractivity contribution in [2.24, 2.45) is 7.05 Å². The van der Waals surface area contributed by atoms with Crippen molar-refractivity contribution in [1.82, 2.24) is 14.7 Å². The van der Waals surface area contributed by atoms with Crippen molar-refractivity contribution in [3.05, 3.63) is 35.0 Å². The number of aromatic hydroxyl groups is 2. The van der Waals surface area contributed by atoms with Gasteiger partial charge in [0.1, 0.15) is 22.9 Å². The number of ether oxygens (including phenoxy) is 1. The Hall–Kier alpha value is -3.23. The number of anilines is 1. The minimum atomic E-state index is -0.597. The van der Waals surface area contributed by atoms with E-state index >= 15 is 0 Å². The summed E-state index contributed by atoms with van der Waals surface area (Å²) in [5.74, 6) is -0.482. The molecule has 150 valence electrons. The van der Waals surface area contributed by atoms with E-state index < -0.39 is 17.6 Å². The van der Waals surface area contributed by atoms with Gasteiger partial charge in [-0.05, 0) is 32.9 Å². The number of hydrogen-bond donors (Lipinski definition) is 3. The summed E-state index contributed by atoms with van der Waals surface area (Å²) in [6.07, 6.45) is 0.128. The molecule has 0 fully saturated rings. The maximum absolute atomic E-state index is 12.6. The lowest BCUT2D eigenvalue weighted by Crippen LogP contribution is -2.40. The van der Waals surface area contributed by atoms with Crippen LogP contribution in [0, 0.1) is 0 Å². The quantitative estimate of drug-likeness (QED) is 0.727. The number of aryl methyl sites for hydroxylation is 1. The molecular weight excluding hydrogens is 364 g/mol. The highest BCUT2D eigenvalue weighted by molar-refractivity contribution is 6.04. The molecule has 0 aliphatic carbocycles. The molecule has 2 heterocycles. The van der Waals surface area contributed by atoms with Crippen LogP contribution in [0.5, 0.6) is 11.5 Å². The van der Waals surface area contributed by atoms with Gasteiger partial charge in [0.05, 0.1) is 12.2 Å². The summed E-state index contributed by atoms with van der Waals surface area (Å²) in [4.78, 5) is 26.5. The van der Waals surface area contributed by atoms with Crippen LogP contribution in [0.15, 0.2) is 18.2 Å². The van der Waals surface area contributed by atoms with Crippen LogP contribution in [0.4, 0.5) is 10.6 Å². The largest absolute Gasteiger partial charge is 0.508 e. The lowest BCUT2D eigenvalue weighted by molar-refractivity contribution is 0.0224. The van der Waals surface area contributed by atoms with Crippen molar-refractivity contribution in [1.29, 1.82) is 0 Å². The van der Waals surface area contributed by atoms with Crippen molar-refractivity contribution in [3.8, 4) is 11.5 Å². The summed E-state index contributed by atoms with van der Waals surface area (Å²) in [6.45, 7) is 6.16. The summed E-state index contributed by atoms with van der Waals surface area (Å²) < 4.78 is 6.98. The Morgan fingerprint density at radius 2 is 1.82 bits per heavy atom. The summed E-state index contributed by atoms with van der Waals surface area (Å²) in [6, 6.07) is 3.65. The number of carbonyl (C=O) groups excluding carboxylic acids is 2. The molecule has 3 rings (SSSR count). The second-order valence-electron chi connectivity index (χ2n) is 7.74. The van der Waals surface area contributed by atoms with Crippen LogP contribution >= 0.6 is 0 Å². The van der Waals surface area contributed by atoms with Gasteiger partial charge >= 0.3 is 6.09 Å². The Morgan fingerprint density at radius 3 is 2.43 bits per heavy atom. The second kappa shape index (κ2) is 7.06. The van der Waals surface area contributed by atoms with Gasteiger partial charge in [0.15, 0.2) is 0 Å². The first-order valence-corrected chi connectivity index (χ1v) is 8.90. The topological polar surface area (TPSA) is 117 Å². The first-order valence-electron chi connectivity index (χ1n) is 8.90. The van der Waals surface area contributed by atoms with E-state index in [1.54, 1.807) is 37.4 Å². The summed E-state index contributed by atoms with van der Waals surface area (Å²) in [7, 11) is 1.70. The van der Waals surface area contributed by atoms with E-state index in [9.17, 15) is 19.8 Å². The summed E-state index contributed by atoms with van der Waals surface area (Å²) >= 11 is 0. The molecule has 0 atom stereocenters. The molecule has 1 aromatic carbocycles. The van der Waals surface area contributed by atoms with Crippen LogP contribution in [0.3, 0.4) is 0 Å². The lowest BCUT2D eigenvalue weighted by Gasteiger charge is -2.29. The molecule has 28 heavy (non-hydrogen) atoms. The van der Waals surface area contributed by atoms with Crippen LogP contribution < -0.4 is 5.32 Å². The van der Waals surface area contributed by atoms with Crippen molar-refractivity contribution in [3.63, 3.8) is 0 Å². The van der Waals surface area contributed by atoms with Crippen LogP contribution in [0.2, 0.25) is 0 Å². The molecule has 0 bridgehead atoms. The third-order valence-electron chi connectivity index (χ3n) is 4.24. The van der Waals surface area contributed by atoms with Crippen molar-refractivity contribution in [2.45, 2.75) is 39.3 Å². The number of rotatable bonds is 2. The van der Waals surface area contributed by atoms with E-state index in [1.165, 1.54) is 12.1 Å². The summed E-state index contributed by atoms with van der Waals surface area (Å²) in [5.41, 5.74) is 1.04. The minimum absolute atomic E-state index is 0.104. The standard InChI is InChI=1S/C19H24N4O5/c1-19(2,3)28-18(27)23-6-5-15-14(10-23)16(22(4)21-15)20-17(26)11-7-12(24)9-13(25)8-11/h7-9,24-25H,5-6,10H2,1-4H3,(H,20,26). The van der Waals surface area contributed by atoms with Crippen LogP contribution in [-0.2, 0) is 24.8 Å². The molecule has 0 radical (unpaired) electrons. The molecule has 2 amide bonds. The zero-order valence-corrected chi connectivity index (χ0v) is 16.3. The van der Waals surface area contributed by atoms with Gasteiger partial charge < -0.3 is 25.2 Å². The van der Waals surface area contributed by atoms with Gasteiger partial charge in [0.25, 0.3) is 5.91 Å². The maximum Gasteiger partial charge on any atom is 0.410 e. The van der Waals surface area contributed by atoms with E-state index in [-0.39, 0.29) is 23.6 Å². The van der Waals surface area contributed by atoms with Gasteiger partial charge in [0.2, 0.25) is 0 Å². The first-order chi connectivity index (χ1) is 13.0. The third kappa shape index (κ3) is 4.19. The summed E-state index contributed by atoms with van der Waals surface area (Å²) in [5, 5.41) is 26.4. The van der Waals surface area contributed by atoms with E-state index in [1.807, 2.05) is 0 Å². The fraction of sp³-hybridized carbons (Fsp3) is 0.421. The van der Waals surface area contributed by atoms with Gasteiger partial charge in [-0.2, -0.15) is 5.10 Å². The van der Waals surface area contributed by atoms with Crippen molar-refractivity contribution < 1.29 is 24.5 Å². The predicted octanol–water partition coefficient (Wildman–Crippen LogP) is 2.38. The van der Waals surface area contributed by atoms with E-state index in [0.717, 1.165) is 17.3 Å². The highest BCUT2D eigenvalue weighted by Gasteiger charge is 2.30. The number of aromatic nitrogens is 2. The van der Waals surface area contributed by atoms with E-state index in [2.05, 4.69) is 10.4 Å². The Kier molecular flexibility index (Phi) is 4.93. The lowest BCUT2D eigenvalue weighted by atomic mass is 10.1. The smallest absolute Gasteiger partial charge is 0.410 e. The van der Waals surface area contributed by atoms with Gasteiger partial charge in [0, 0.05) is 37.2 Å². The molecule has 2 aromatic rings. The van der Waals surface area contributed by atoms with Crippen molar-refractivity contribution in [2.75, 3.05) is 11.9 Å². The number of phenols is 2. The predicted molar refractivity (Wildman–Crippen MR) is 101 cm³/mol. The van der Waals surface area contributed by atoms with Crippen LogP contribution in [0.25, 0.3) is 0 Å². The van der Waals surface area contributed by atoms with E-state index in [4.69, 9.17) is 4.74 Å². The molecule has 1 aliphatic heterocycles. The fourth-order valence-electron chi connectivity index (χ4n) is 3.05. The fourth-order valence-corrected chi connectivity index (χ4v) is 3.05. The zero-order valence-electron chi connectivity index (χ0n) is 16.3. The highest BCUT2D eigenvalue weighted by atomic mass is 16.6. The van der Waals surface area contributed by atoms with Gasteiger partial charge in [-0.3, -0.25) is 9.48 Å². The SMILES string of the molecule is Cn1nc2c(c1NC(=O)c1cc(O)cc(O)c1)CN(C(=O)OC(C)(C)C)CC2. The number of nitrogens with one attached hydrogen (secondary N) is 1. The van der Waals surface area contributed by atoms with Gasteiger partial charge in [-0.1, -0.05) is 0 Å². The Balaban J connectivity index is 1.82. The second-order valence-corrected chi connectivity index (χ2v) is 7.74. The molecular formula is C19H24N4O5. The molecule has 3 N–H and O–H groups in total. The molecule has 1 aliphatic rings. The van der Waals surface area contributed by atoms with Gasteiger partial charge in [-0.25, -0.2) is 4.79 Å². The molecule has 9 heteroatoms. The number of amides is 2. The normalized spacial score (nSPS) is 13.8. The molecule has 1 aromatic heterocycles. The number of carbonyl (C=O) groups is 2. The number of fused-ring (bicyclic) bond motifs is 1. The average Bonchev–Trinajstić information content (AvgIpc) is 2.87. The van der Waals surface area contributed by atoms with Gasteiger partial charge in [-0.15, -0.1) is 0 Å². The van der Waals surface area contributed by atoms with E-state index in [0.29, 0.717) is 18.8 Å².